The zero-order valence-electron chi connectivity index (χ0n) is 11.0. The van der Waals surface area contributed by atoms with E-state index in [9.17, 15) is 5.11 Å². The van der Waals surface area contributed by atoms with E-state index in [0.29, 0.717) is 5.75 Å². The molecule has 0 spiro atoms. The van der Waals surface area contributed by atoms with Gasteiger partial charge >= 0.3 is 0 Å². The van der Waals surface area contributed by atoms with E-state index < -0.39 is 0 Å². The molecule has 0 aromatic heterocycles. The Morgan fingerprint density at radius 3 is 2.58 bits per heavy atom. The molecule has 3 heteroatoms. The van der Waals surface area contributed by atoms with Gasteiger partial charge in [-0.05, 0) is 11.6 Å². The van der Waals surface area contributed by atoms with Gasteiger partial charge in [-0.3, -0.25) is 0 Å². The zero-order chi connectivity index (χ0) is 13.4. The molecule has 2 aromatic carbocycles. The van der Waals surface area contributed by atoms with Crippen LogP contribution < -0.4 is 9.47 Å². The Balaban J connectivity index is 2.00. The number of phenolic OH excluding ortho intramolecular Hbond substituents is 1. The minimum atomic E-state index is -0.0114. The third-order valence-electron chi connectivity index (χ3n) is 3.64. The maximum absolute atomic E-state index is 9.87. The fourth-order valence-electron chi connectivity index (χ4n) is 2.59. The summed E-state index contributed by atoms with van der Waals surface area (Å²) < 4.78 is 11.1. The molecule has 0 saturated heterocycles. The van der Waals surface area contributed by atoms with Crippen molar-refractivity contribution in [3.8, 4) is 17.2 Å². The molecule has 0 radical (unpaired) electrons. The minimum absolute atomic E-state index is 0.0114. The highest BCUT2D eigenvalue weighted by Crippen LogP contribution is 2.49. The number of rotatable bonds is 2. The standard InChI is InChI=1S/C16H16O3/c1-10-12-8-13(17)15(18-2)9-14(12)19-16(10)11-6-4-3-5-7-11/h3-10,16-17H,1-2H3/t10-,16+/m0/s1. The van der Waals surface area contributed by atoms with Crippen LogP contribution in [-0.4, -0.2) is 12.2 Å². The van der Waals surface area contributed by atoms with Crippen LogP contribution in [0.5, 0.6) is 17.2 Å². The lowest BCUT2D eigenvalue weighted by molar-refractivity contribution is 0.215. The van der Waals surface area contributed by atoms with Gasteiger partial charge in [0.2, 0.25) is 0 Å². The number of hydrogen-bond acceptors (Lipinski definition) is 3. The molecule has 3 rings (SSSR count). The molecule has 98 valence electrons. The van der Waals surface area contributed by atoms with Crippen LogP contribution in [0, 0.1) is 0 Å². The van der Waals surface area contributed by atoms with Crippen molar-refractivity contribution in [3.05, 3.63) is 53.6 Å². The van der Waals surface area contributed by atoms with E-state index in [4.69, 9.17) is 9.47 Å². The summed E-state index contributed by atoms with van der Waals surface area (Å²) in [6.45, 7) is 2.11. The van der Waals surface area contributed by atoms with Crippen LogP contribution in [0.15, 0.2) is 42.5 Å². The number of benzene rings is 2. The van der Waals surface area contributed by atoms with Crippen LogP contribution in [0.25, 0.3) is 0 Å². The zero-order valence-corrected chi connectivity index (χ0v) is 11.0. The second-order valence-corrected chi connectivity index (χ2v) is 4.80. The molecular formula is C16H16O3. The molecule has 0 aliphatic carbocycles. The second-order valence-electron chi connectivity index (χ2n) is 4.80. The van der Waals surface area contributed by atoms with Crippen LogP contribution in [0.1, 0.15) is 30.1 Å². The molecule has 0 unspecified atom stereocenters. The second kappa shape index (κ2) is 4.50. The summed E-state index contributed by atoms with van der Waals surface area (Å²) in [5.41, 5.74) is 2.16. The fourth-order valence-corrected chi connectivity index (χ4v) is 2.59. The summed E-state index contributed by atoms with van der Waals surface area (Å²) in [6, 6.07) is 13.6. The molecule has 1 heterocycles. The molecule has 1 aliphatic heterocycles. The van der Waals surface area contributed by atoms with Gasteiger partial charge < -0.3 is 14.6 Å². The van der Waals surface area contributed by atoms with Crippen LogP contribution >= 0.6 is 0 Å². The third-order valence-corrected chi connectivity index (χ3v) is 3.64. The number of ether oxygens (including phenoxy) is 2. The Morgan fingerprint density at radius 2 is 1.89 bits per heavy atom. The van der Waals surface area contributed by atoms with E-state index in [1.165, 1.54) is 7.11 Å². The Kier molecular flexibility index (Phi) is 2.82. The molecular weight excluding hydrogens is 240 g/mol. The van der Waals surface area contributed by atoms with Gasteiger partial charge in [-0.2, -0.15) is 0 Å². The Hall–Kier alpha value is -2.16. The molecule has 1 aliphatic rings. The van der Waals surface area contributed by atoms with Crippen molar-refractivity contribution in [1.82, 2.24) is 0 Å². The molecule has 2 atom stereocenters. The summed E-state index contributed by atoms with van der Waals surface area (Å²) >= 11 is 0. The van der Waals surface area contributed by atoms with Crippen molar-refractivity contribution in [3.63, 3.8) is 0 Å². The smallest absolute Gasteiger partial charge is 0.164 e. The summed E-state index contributed by atoms with van der Waals surface area (Å²) in [7, 11) is 1.54. The van der Waals surface area contributed by atoms with Gasteiger partial charge in [-0.25, -0.2) is 0 Å². The highest BCUT2D eigenvalue weighted by atomic mass is 16.5. The van der Waals surface area contributed by atoms with E-state index in [-0.39, 0.29) is 17.8 Å². The van der Waals surface area contributed by atoms with Crippen molar-refractivity contribution in [2.24, 2.45) is 0 Å². The van der Waals surface area contributed by atoms with E-state index in [0.717, 1.165) is 16.9 Å². The summed E-state index contributed by atoms with van der Waals surface area (Å²) in [6.07, 6.45) is -0.0114. The summed E-state index contributed by atoms with van der Waals surface area (Å²) in [4.78, 5) is 0. The van der Waals surface area contributed by atoms with Gasteiger partial charge in [-0.15, -0.1) is 0 Å². The first-order valence-corrected chi connectivity index (χ1v) is 6.33. The van der Waals surface area contributed by atoms with Crippen molar-refractivity contribution >= 4 is 0 Å². The average Bonchev–Trinajstić information content (AvgIpc) is 2.76. The number of phenols is 1. The average molecular weight is 256 g/mol. The van der Waals surface area contributed by atoms with Crippen molar-refractivity contribution in [2.45, 2.75) is 18.9 Å². The topological polar surface area (TPSA) is 38.7 Å². The predicted molar refractivity (Wildman–Crippen MR) is 72.9 cm³/mol. The first-order valence-electron chi connectivity index (χ1n) is 6.33. The van der Waals surface area contributed by atoms with Crippen LogP contribution in [-0.2, 0) is 0 Å². The monoisotopic (exact) mass is 256 g/mol. The Labute approximate surface area is 112 Å². The van der Waals surface area contributed by atoms with Crippen LogP contribution in [0.4, 0.5) is 0 Å². The summed E-state index contributed by atoms with van der Waals surface area (Å²) in [5, 5.41) is 9.87. The van der Waals surface area contributed by atoms with Gasteiger partial charge in [0.05, 0.1) is 7.11 Å². The molecule has 0 fully saturated rings. The van der Waals surface area contributed by atoms with Gasteiger partial charge in [0.25, 0.3) is 0 Å². The van der Waals surface area contributed by atoms with E-state index in [2.05, 4.69) is 19.1 Å². The Bertz CT molecular complexity index is 592. The molecule has 3 nitrogen and oxygen atoms in total. The van der Waals surface area contributed by atoms with Crippen LogP contribution in [0.3, 0.4) is 0 Å². The molecule has 0 saturated carbocycles. The van der Waals surface area contributed by atoms with Gasteiger partial charge in [-0.1, -0.05) is 37.3 Å². The summed E-state index contributed by atoms with van der Waals surface area (Å²) in [5.74, 6) is 1.59. The molecule has 1 N–H and O–H groups in total. The quantitative estimate of drug-likeness (QED) is 0.891. The van der Waals surface area contributed by atoms with Crippen LogP contribution in [0.2, 0.25) is 0 Å². The molecule has 2 aromatic rings. The van der Waals surface area contributed by atoms with Gasteiger partial charge in [0.1, 0.15) is 11.9 Å². The highest BCUT2D eigenvalue weighted by molar-refractivity contribution is 5.54. The van der Waals surface area contributed by atoms with Crippen molar-refractivity contribution < 1.29 is 14.6 Å². The third kappa shape index (κ3) is 1.91. The van der Waals surface area contributed by atoms with Gasteiger partial charge in [0.15, 0.2) is 11.5 Å². The van der Waals surface area contributed by atoms with Crippen molar-refractivity contribution in [2.75, 3.05) is 7.11 Å². The predicted octanol–water partition coefficient (Wildman–Crippen LogP) is 3.64. The molecule has 0 amide bonds. The van der Waals surface area contributed by atoms with E-state index in [1.54, 1.807) is 12.1 Å². The van der Waals surface area contributed by atoms with E-state index in [1.807, 2.05) is 18.2 Å². The van der Waals surface area contributed by atoms with Crippen molar-refractivity contribution in [1.29, 1.82) is 0 Å². The lowest BCUT2D eigenvalue weighted by Gasteiger charge is -2.15. The Morgan fingerprint density at radius 1 is 1.16 bits per heavy atom. The number of aromatic hydroxyl groups is 1. The van der Waals surface area contributed by atoms with Gasteiger partial charge in [0, 0.05) is 17.5 Å². The number of hydrogen-bond donors (Lipinski definition) is 1. The largest absolute Gasteiger partial charge is 0.504 e. The van der Waals surface area contributed by atoms with E-state index >= 15 is 0 Å². The first-order chi connectivity index (χ1) is 9.20. The maximum atomic E-state index is 9.87. The fraction of sp³-hybridized carbons (Fsp3) is 0.250. The SMILES string of the molecule is COc1cc2c(cc1O)[C@H](C)[C@H](c1ccccc1)O2. The minimum Gasteiger partial charge on any atom is -0.504 e. The number of fused-ring (bicyclic) bond motifs is 1. The maximum Gasteiger partial charge on any atom is 0.164 e. The molecule has 19 heavy (non-hydrogen) atoms. The first kappa shape index (κ1) is 11.9. The number of methoxy groups -OCH3 is 1. The normalized spacial score (nSPS) is 20.7. The highest BCUT2D eigenvalue weighted by Gasteiger charge is 2.33. The molecule has 0 bridgehead atoms. The lowest BCUT2D eigenvalue weighted by atomic mass is 9.93. The lowest BCUT2D eigenvalue weighted by Crippen LogP contribution is -2.06.